The highest BCUT2D eigenvalue weighted by Gasteiger charge is 2.29. The van der Waals surface area contributed by atoms with E-state index in [1.54, 1.807) is 0 Å². The van der Waals surface area contributed by atoms with E-state index in [2.05, 4.69) is 0 Å². The van der Waals surface area contributed by atoms with Crippen LogP contribution < -0.4 is 0 Å². The average molecular weight is 269 g/mol. The van der Waals surface area contributed by atoms with Gasteiger partial charge >= 0.3 is 5.97 Å². The first-order chi connectivity index (χ1) is 8.97. The summed E-state index contributed by atoms with van der Waals surface area (Å²) in [5, 5.41) is 9.08. The maximum absolute atomic E-state index is 13.6. The molecule has 0 amide bonds. The zero-order valence-electron chi connectivity index (χ0n) is 10.8. The zero-order chi connectivity index (χ0) is 14.0. The van der Waals surface area contributed by atoms with Gasteiger partial charge in [0.2, 0.25) is 0 Å². The van der Waals surface area contributed by atoms with Gasteiger partial charge in [0.1, 0.15) is 0 Å². The van der Waals surface area contributed by atoms with Crippen molar-refractivity contribution in [1.82, 2.24) is 4.90 Å². The Morgan fingerprint density at radius 1 is 1.42 bits per heavy atom. The Kier molecular flexibility index (Phi) is 4.14. The molecule has 1 N–H and O–H groups in total. The largest absolute Gasteiger partial charge is 0.481 e. The molecule has 2 rings (SSSR count). The number of halogens is 2. The number of hydrogen-bond acceptors (Lipinski definition) is 2. The third-order valence-corrected chi connectivity index (χ3v) is 3.51. The van der Waals surface area contributed by atoms with E-state index in [4.69, 9.17) is 5.11 Å². The molecule has 1 aliphatic rings. The van der Waals surface area contributed by atoms with Gasteiger partial charge in [0.05, 0.1) is 5.92 Å². The lowest BCUT2D eigenvalue weighted by Crippen LogP contribution is -2.42. The highest BCUT2D eigenvalue weighted by molar-refractivity contribution is 5.70. The fourth-order valence-corrected chi connectivity index (χ4v) is 2.68. The lowest BCUT2D eigenvalue weighted by Gasteiger charge is -2.34. The minimum absolute atomic E-state index is 0.242. The predicted octanol–water partition coefficient (Wildman–Crippen LogP) is 2.51. The third-order valence-electron chi connectivity index (χ3n) is 3.51. The van der Waals surface area contributed by atoms with Gasteiger partial charge in [0.15, 0.2) is 11.6 Å². The molecule has 1 heterocycles. The summed E-state index contributed by atoms with van der Waals surface area (Å²) in [6.45, 7) is 3.32. The molecule has 19 heavy (non-hydrogen) atoms. The van der Waals surface area contributed by atoms with Crippen molar-refractivity contribution < 1.29 is 18.7 Å². The molecule has 0 radical (unpaired) electrons. The topological polar surface area (TPSA) is 40.5 Å². The molecule has 0 aliphatic carbocycles. The van der Waals surface area contributed by atoms with Crippen LogP contribution in [0.25, 0.3) is 0 Å². The normalized spacial score (nSPS) is 24.4. The van der Waals surface area contributed by atoms with Crippen LogP contribution in [0.5, 0.6) is 0 Å². The summed E-state index contributed by atoms with van der Waals surface area (Å²) in [6, 6.07) is 4.08. The summed E-state index contributed by atoms with van der Waals surface area (Å²) in [6.07, 6.45) is 0.636. The quantitative estimate of drug-likeness (QED) is 0.916. The van der Waals surface area contributed by atoms with Crippen LogP contribution in [0.4, 0.5) is 8.78 Å². The number of likely N-dealkylation sites (tertiary alicyclic amines) is 1. The molecule has 1 saturated heterocycles. The molecule has 1 aromatic carbocycles. The van der Waals surface area contributed by atoms with Gasteiger partial charge in [0.25, 0.3) is 0 Å². The van der Waals surface area contributed by atoms with Crippen LogP contribution in [0.2, 0.25) is 0 Å². The molecule has 0 bridgehead atoms. The van der Waals surface area contributed by atoms with Crippen molar-refractivity contribution >= 4 is 5.97 Å². The van der Waals surface area contributed by atoms with Crippen LogP contribution in [0.15, 0.2) is 18.2 Å². The minimum atomic E-state index is -0.864. The molecule has 104 valence electrons. The van der Waals surface area contributed by atoms with E-state index in [1.165, 1.54) is 12.1 Å². The second kappa shape index (κ2) is 5.65. The van der Waals surface area contributed by atoms with Crippen LogP contribution in [0, 0.1) is 23.5 Å². The van der Waals surface area contributed by atoms with Gasteiger partial charge in [-0.25, -0.2) is 8.78 Å². The Morgan fingerprint density at radius 2 is 2.16 bits per heavy atom. The molecule has 0 aromatic heterocycles. The summed E-state index contributed by atoms with van der Waals surface area (Å²) in [4.78, 5) is 12.9. The summed E-state index contributed by atoms with van der Waals surface area (Å²) in [5.74, 6) is -2.71. The van der Waals surface area contributed by atoms with Crippen LogP contribution >= 0.6 is 0 Å². The average Bonchev–Trinajstić information content (AvgIpc) is 2.34. The second-order valence-corrected chi connectivity index (χ2v) is 5.28. The Labute approximate surface area is 110 Å². The first kappa shape index (κ1) is 13.9. The van der Waals surface area contributed by atoms with E-state index in [9.17, 15) is 13.6 Å². The molecule has 1 aliphatic heterocycles. The van der Waals surface area contributed by atoms with E-state index < -0.39 is 23.5 Å². The van der Waals surface area contributed by atoms with Crippen molar-refractivity contribution in [2.45, 2.75) is 19.9 Å². The first-order valence-electron chi connectivity index (χ1n) is 6.35. The molecule has 1 fully saturated rings. The van der Waals surface area contributed by atoms with Gasteiger partial charge in [-0.3, -0.25) is 9.69 Å². The Balaban J connectivity index is 2.09. The summed E-state index contributed by atoms with van der Waals surface area (Å²) >= 11 is 0. The highest BCUT2D eigenvalue weighted by atomic mass is 19.2. The predicted molar refractivity (Wildman–Crippen MR) is 66.5 cm³/mol. The van der Waals surface area contributed by atoms with E-state index in [0.29, 0.717) is 19.5 Å². The second-order valence-electron chi connectivity index (χ2n) is 5.28. The zero-order valence-corrected chi connectivity index (χ0v) is 10.8. The lowest BCUT2D eigenvalue weighted by atomic mass is 9.90. The van der Waals surface area contributed by atoms with Crippen LogP contribution in [0.1, 0.15) is 18.9 Å². The Bertz CT molecular complexity index is 479. The van der Waals surface area contributed by atoms with E-state index in [1.807, 2.05) is 11.8 Å². The van der Waals surface area contributed by atoms with Gasteiger partial charge in [-0.15, -0.1) is 0 Å². The number of aliphatic carboxylic acids is 1. The van der Waals surface area contributed by atoms with Crippen LogP contribution in [-0.4, -0.2) is 29.1 Å². The maximum atomic E-state index is 13.6. The molecule has 2 unspecified atom stereocenters. The van der Waals surface area contributed by atoms with Gasteiger partial charge in [-0.05, 0) is 18.4 Å². The van der Waals surface area contributed by atoms with Crippen molar-refractivity contribution in [2.24, 2.45) is 11.8 Å². The van der Waals surface area contributed by atoms with Gasteiger partial charge in [-0.2, -0.15) is 0 Å². The van der Waals surface area contributed by atoms with Crippen LogP contribution in [0.3, 0.4) is 0 Å². The molecule has 1 aromatic rings. The molecule has 2 atom stereocenters. The Hall–Kier alpha value is -1.49. The minimum Gasteiger partial charge on any atom is -0.481 e. The standard InChI is InChI=1S/C14H17F2NO2/c1-9-5-11(14(18)19)8-17(6-9)7-10-3-2-4-12(15)13(10)16/h2-4,9,11H,5-8H2,1H3,(H,18,19). The molecular weight excluding hydrogens is 252 g/mol. The fourth-order valence-electron chi connectivity index (χ4n) is 2.68. The molecule has 5 heteroatoms. The van der Waals surface area contributed by atoms with Crippen molar-refractivity contribution in [1.29, 1.82) is 0 Å². The van der Waals surface area contributed by atoms with E-state index >= 15 is 0 Å². The lowest BCUT2D eigenvalue weighted by molar-refractivity contribution is -0.144. The molecule has 0 spiro atoms. The number of carbonyl (C=O) groups is 1. The molecule has 0 saturated carbocycles. The summed E-state index contributed by atoms with van der Waals surface area (Å²) in [5.41, 5.74) is 0.276. The highest BCUT2D eigenvalue weighted by Crippen LogP contribution is 2.24. The number of rotatable bonds is 3. The van der Waals surface area contributed by atoms with Crippen molar-refractivity contribution in [3.8, 4) is 0 Å². The van der Waals surface area contributed by atoms with Crippen molar-refractivity contribution in [3.63, 3.8) is 0 Å². The van der Waals surface area contributed by atoms with Crippen molar-refractivity contribution in [3.05, 3.63) is 35.4 Å². The smallest absolute Gasteiger partial charge is 0.307 e. The SMILES string of the molecule is CC1CC(C(=O)O)CN(Cc2cccc(F)c2F)C1. The summed E-state index contributed by atoms with van der Waals surface area (Å²) in [7, 11) is 0. The van der Waals surface area contributed by atoms with Gasteiger partial charge in [0, 0.05) is 25.2 Å². The maximum Gasteiger partial charge on any atom is 0.307 e. The van der Waals surface area contributed by atoms with Gasteiger partial charge < -0.3 is 5.11 Å². The number of hydrogen-bond donors (Lipinski definition) is 1. The van der Waals surface area contributed by atoms with Crippen LogP contribution in [-0.2, 0) is 11.3 Å². The molecular formula is C14H17F2NO2. The number of benzene rings is 1. The van der Waals surface area contributed by atoms with Crippen molar-refractivity contribution in [2.75, 3.05) is 13.1 Å². The fraction of sp³-hybridized carbons (Fsp3) is 0.500. The van der Waals surface area contributed by atoms with E-state index in [0.717, 1.165) is 6.07 Å². The monoisotopic (exact) mass is 269 g/mol. The number of carboxylic acids is 1. The first-order valence-corrected chi connectivity index (χ1v) is 6.35. The number of nitrogens with zero attached hydrogens (tertiary/aromatic N) is 1. The molecule has 3 nitrogen and oxygen atoms in total. The third kappa shape index (κ3) is 3.29. The van der Waals surface area contributed by atoms with E-state index in [-0.39, 0.29) is 18.0 Å². The summed E-state index contributed by atoms with van der Waals surface area (Å²) < 4.78 is 26.7. The van der Waals surface area contributed by atoms with Gasteiger partial charge in [-0.1, -0.05) is 19.1 Å². The number of carboxylic acid groups (broad SMARTS) is 1. The Morgan fingerprint density at radius 3 is 2.84 bits per heavy atom. The number of piperidine rings is 1.